The topological polar surface area (TPSA) is 136 Å². The van der Waals surface area contributed by atoms with Crippen molar-refractivity contribution in [3.63, 3.8) is 0 Å². The van der Waals surface area contributed by atoms with Gasteiger partial charge in [-0.15, -0.1) is 0 Å². The molecule has 2 aromatic rings. The van der Waals surface area contributed by atoms with E-state index in [2.05, 4.69) is 5.32 Å². The fraction of sp³-hybridized carbons (Fsp3) is 0.643. The Morgan fingerprint density at radius 2 is 1.57 bits per heavy atom. The Balaban J connectivity index is 1.29. The molecule has 12 heteroatoms. The molecule has 0 bridgehead atoms. The molecule has 1 aliphatic heterocycles. The van der Waals surface area contributed by atoms with Gasteiger partial charge in [-0.25, -0.2) is 9.59 Å². The average Bonchev–Trinajstić information content (AvgIpc) is 3.13. The molecule has 2 heterocycles. The summed E-state index contributed by atoms with van der Waals surface area (Å²) in [6.07, 6.45) is 1.97. The molecule has 1 N–H and O–H groups in total. The van der Waals surface area contributed by atoms with Crippen LogP contribution in [-0.4, -0.2) is 85.4 Å². The average molecular weight is 564 g/mol. The Morgan fingerprint density at radius 3 is 2.20 bits per heavy atom. The number of amides is 2. The second kappa shape index (κ2) is 15.1. The molecule has 1 aliphatic rings. The number of hydrogen-bond acceptors (Lipinski definition) is 9. The fourth-order valence-corrected chi connectivity index (χ4v) is 4.50. The van der Waals surface area contributed by atoms with Crippen LogP contribution in [0.1, 0.15) is 51.6 Å². The number of para-hydroxylation sites is 1. The predicted octanol–water partition coefficient (Wildman–Crippen LogP) is 1.66. The van der Waals surface area contributed by atoms with Gasteiger partial charge in [0, 0.05) is 20.1 Å². The molecular weight excluding hydrogens is 522 g/mol. The van der Waals surface area contributed by atoms with E-state index in [9.17, 15) is 19.2 Å². The number of aryl methyl sites for hydroxylation is 2. The first kappa shape index (κ1) is 31.5. The van der Waals surface area contributed by atoms with Gasteiger partial charge >= 0.3 is 11.7 Å². The minimum atomic E-state index is -0.699. The molecule has 40 heavy (non-hydrogen) atoms. The van der Waals surface area contributed by atoms with Crippen LogP contribution in [0, 0.1) is 0 Å². The summed E-state index contributed by atoms with van der Waals surface area (Å²) in [4.78, 5) is 48.5. The molecule has 2 amide bonds. The van der Waals surface area contributed by atoms with E-state index in [4.69, 9.17) is 23.7 Å². The van der Waals surface area contributed by atoms with E-state index in [0.717, 1.165) is 17.5 Å². The molecule has 0 unspecified atom stereocenters. The van der Waals surface area contributed by atoms with Crippen LogP contribution in [0.15, 0.2) is 23.0 Å². The molecule has 0 saturated carbocycles. The van der Waals surface area contributed by atoms with Gasteiger partial charge in [-0.2, -0.15) is 0 Å². The zero-order chi connectivity index (χ0) is 29.1. The van der Waals surface area contributed by atoms with Crippen molar-refractivity contribution < 1.29 is 38.1 Å². The number of nitrogens with zero attached hydrogens (tertiary/aromatic N) is 2. The number of piperidine rings is 1. The lowest BCUT2D eigenvalue weighted by molar-refractivity contribution is -0.160. The van der Waals surface area contributed by atoms with Gasteiger partial charge in [-0.05, 0) is 51.7 Å². The molecule has 222 valence electrons. The van der Waals surface area contributed by atoms with Crippen molar-refractivity contribution in [3.05, 3.63) is 34.2 Å². The first-order valence-electron chi connectivity index (χ1n) is 13.6. The summed E-state index contributed by atoms with van der Waals surface area (Å²) >= 11 is 0. The standard InChI is InChI=1S/C28H41N3O9/c1-28(2,3)40-24(33)19-39-18-17-38-16-15-37-14-13-36-12-6-8-20-7-5-9-21-25(20)30(4)27(35)31(21)22-10-11-23(32)29-26(22)34/h5,7,9,22H,6,8,10-19H2,1-4H3,(H,29,32,34)/t22-/m0/s1. The fourth-order valence-electron chi connectivity index (χ4n) is 4.50. The molecule has 1 aromatic carbocycles. The number of benzene rings is 1. The van der Waals surface area contributed by atoms with Crippen molar-refractivity contribution in [1.82, 2.24) is 14.5 Å². The third kappa shape index (κ3) is 9.26. The first-order valence-corrected chi connectivity index (χ1v) is 13.6. The Kier molecular flexibility index (Phi) is 11.9. The van der Waals surface area contributed by atoms with Crippen molar-refractivity contribution >= 4 is 28.8 Å². The second-order valence-corrected chi connectivity index (χ2v) is 10.5. The number of aromatic nitrogens is 2. The van der Waals surface area contributed by atoms with Gasteiger partial charge in [-0.1, -0.05) is 12.1 Å². The van der Waals surface area contributed by atoms with E-state index >= 15 is 0 Å². The predicted molar refractivity (Wildman–Crippen MR) is 146 cm³/mol. The van der Waals surface area contributed by atoms with E-state index in [-0.39, 0.29) is 24.6 Å². The van der Waals surface area contributed by atoms with Crippen LogP contribution in [0.4, 0.5) is 0 Å². The number of nitrogens with one attached hydrogen (secondary N) is 1. The molecule has 12 nitrogen and oxygen atoms in total. The van der Waals surface area contributed by atoms with Crippen molar-refractivity contribution in [2.24, 2.45) is 7.05 Å². The van der Waals surface area contributed by atoms with Gasteiger partial charge in [0.2, 0.25) is 11.8 Å². The quantitative estimate of drug-likeness (QED) is 0.184. The van der Waals surface area contributed by atoms with Crippen LogP contribution >= 0.6 is 0 Å². The highest BCUT2D eigenvalue weighted by Crippen LogP contribution is 2.25. The van der Waals surface area contributed by atoms with E-state index in [0.29, 0.717) is 64.6 Å². The maximum atomic E-state index is 13.0. The van der Waals surface area contributed by atoms with Crippen molar-refractivity contribution in [2.75, 3.05) is 52.9 Å². The highest BCUT2D eigenvalue weighted by molar-refractivity contribution is 6.00. The number of carbonyl (C=O) groups is 3. The number of carbonyl (C=O) groups excluding carboxylic acids is 3. The maximum absolute atomic E-state index is 13.0. The number of imidazole rings is 1. The van der Waals surface area contributed by atoms with E-state index in [1.54, 1.807) is 32.4 Å². The van der Waals surface area contributed by atoms with Crippen LogP contribution in [0.25, 0.3) is 11.0 Å². The van der Waals surface area contributed by atoms with Crippen LogP contribution in [0.2, 0.25) is 0 Å². The number of imide groups is 1. The van der Waals surface area contributed by atoms with Gasteiger partial charge < -0.3 is 23.7 Å². The molecule has 0 aliphatic carbocycles. The van der Waals surface area contributed by atoms with Crippen molar-refractivity contribution in [3.8, 4) is 0 Å². The number of hydrogen-bond donors (Lipinski definition) is 1. The Bertz CT molecular complexity index is 1210. The third-order valence-electron chi connectivity index (χ3n) is 6.20. The van der Waals surface area contributed by atoms with Gasteiger partial charge in [0.25, 0.3) is 0 Å². The highest BCUT2D eigenvalue weighted by atomic mass is 16.6. The summed E-state index contributed by atoms with van der Waals surface area (Å²) in [7, 11) is 1.70. The Morgan fingerprint density at radius 1 is 0.950 bits per heavy atom. The SMILES string of the molecule is Cn1c(=O)n([C@H]2CCC(=O)NC2=O)c2cccc(CCCOCCOCCOCCOCC(=O)OC(C)(C)C)c21. The number of rotatable bonds is 16. The monoisotopic (exact) mass is 563 g/mol. The van der Waals surface area contributed by atoms with E-state index in [1.807, 2.05) is 18.2 Å². The number of ether oxygens (including phenoxy) is 5. The second-order valence-electron chi connectivity index (χ2n) is 10.5. The molecule has 0 radical (unpaired) electrons. The maximum Gasteiger partial charge on any atom is 0.332 e. The summed E-state index contributed by atoms with van der Waals surface area (Å²) in [5.74, 6) is -1.15. The van der Waals surface area contributed by atoms with Crippen LogP contribution < -0.4 is 11.0 Å². The normalized spacial score (nSPS) is 15.9. The molecule has 1 atom stereocenters. The molecule has 1 aromatic heterocycles. The first-order chi connectivity index (χ1) is 19.1. The van der Waals surface area contributed by atoms with Crippen LogP contribution in [0.5, 0.6) is 0 Å². The smallest absolute Gasteiger partial charge is 0.332 e. The third-order valence-corrected chi connectivity index (χ3v) is 6.20. The number of esters is 1. The van der Waals surface area contributed by atoms with Crippen molar-refractivity contribution in [1.29, 1.82) is 0 Å². The highest BCUT2D eigenvalue weighted by Gasteiger charge is 2.31. The summed E-state index contributed by atoms with van der Waals surface area (Å²) in [6.45, 7) is 8.24. The van der Waals surface area contributed by atoms with Crippen LogP contribution in [-0.2, 0) is 51.5 Å². The summed E-state index contributed by atoms with van der Waals surface area (Å²) < 4.78 is 30.0. The minimum Gasteiger partial charge on any atom is -0.458 e. The molecular formula is C28H41N3O9. The van der Waals surface area contributed by atoms with E-state index in [1.165, 1.54) is 4.57 Å². The zero-order valence-electron chi connectivity index (χ0n) is 23.9. The largest absolute Gasteiger partial charge is 0.458 e. The van der Waals surface area contributed by atoms with Gasteiger partial charge in [-0.3, -0.25) is 24.0 Å². The summed E-state index contributed by atoms with van der Waals surface area (Å²) in [6, 6.07) is 4.99. The van der Waals surface area contributed by atoms with Crippen molar-refractivity contribution in [2.45, 2.75) is 58.1 Å². The van der Waals surface area contributed by atoms with Crippen LogP contribution in [0.3, 0.4) is 0 Å². The Hall–Kier alpha value is -3.06. The molecule has 3 rings (SSSR count). The lowest BCUT2D eigenvalue weighted by Crippen LogP contribution is -2.44. The lowest BCUT2D eigenvalue weighted by Gasteiger charge is -2.21. The van der Waals surface area contributed by atoms with Gasteiger partial charge in [0.15, 0.2) is 0 Å². The summed E-state index contributed by atoms with van der Waals surface area (Å²) in [5, 5.41) is 2.33. The van der Waals surface area contributed by atoms with Gasteiger partial charge in [0.1, 0.15) is 18.2 Å². The number of fused-ring (bicyclic) bond motifs is 1. The minimum absolute atomic E-state index is 0.100. The molecule has 1 fully saturated rings. The molecule has 1 saturated heterocycles. The Labute approximate surface area is 233 Å². The van der Waals surface area contributed by atoms with E-state index < -0.39 is 23.5 Å². The summed E-state index contributed by atoms with van der Waals surface area (Å²) in [5.41, 5.74) is 1.67. The molecule has 0 spiro atoms. The zero-order valence-corrected chi connectivity index (χ0v) is 23.9. The van der Waals surface area contributed by atoms with Gasteiger partial charge in [0.05, 0.1) is 50.7 Å². The lowest BCUT2D eigenvalue weighted by atomic mass is 10.0.